The van der Waals surface area contributed by atoms with Crippen LogP contribution in [0.1, 0.15) is 26.7 Å². The van der Waals surface area contributed by atoms with Crippen LogP contribution in [0.5, 0.6) is 0 Å². The third-order valence-corrected chi connectivity index (χ3v) is 4.93. The Morgan fingerprint density at radius 2 is 2.00 bits per heavy atom. The molecular weight excluding hydrogens is 210 g/mol. The van der Waals surface area contributed by atoms with Gasteiger partial charge in [-0.3, -0.25) is 9.80 Å². The largest absolute Gasteiger partial charge is 0.297 e. The van der Waals surface area contributed by atoms with Crippen LogP contribution in [0.2, 0.25) is 0 Å². The van der Waals surface area contributed by atoms with Crippen LogP contribution in [0, 0.1) is 29.1 Å². The first kappa shape index (κ1) is 11.5. The van der Waals surface area contributed by atoms with E-state index in [1.54, 1.807) is 0 Å². The van der Waals surface area contributed by atoms with E-state index in [1.165, 1.54) is 32.5 Å². The second kappa shape index (κ2) is 4.26. The maximum Gasteiger partial charge on any atom is 0.114 e. The number of piperidine rings is 3. The van der Waals surface area contributed by atoms with Gasteiger partial charge < -0.3 is 0 Å². The van der Waals surface area contributed by atoms with E-state index in [2.05, 4.69) is 29.7 Å². The predicted molar refractivity (Wildman–Crippen MR) is 67.4 cm³/mol. The molecule has 4 aliphatic heterocycles. The molecule has 3 heteroatoms. The van der Waals surface area contributed by atoms with Crippen molar-refractivity contribution in [3.05, 3.63) is 0 Å². The van der Waals surface area contributed by atoms with Gasteiger partial charge in [0.2, 0.25) is 0 Å². The molecule has 0 aromatic heterocycles. The van der Waals surface area contributed by atoms with E-state index in [4.69, 9.17) is 0 Å². The summed E-state index contributed by atoms with van der Waals surface area (Å²) in [5, 5.41) is 9.50. The zero-order valence-corrected chi connectivity index (χ0v) is 11.0. The number of hydrogen-bond donors (Lipinski definition) is 0. The molecule has 3 unspecified atom stereocenters. The standard InChI is InChI=1S/C14H23N3/c1-10(2)8-17-9-12-11-3-5-16(6-4-11)14(12)13(17)7-15/h10-14H,3-6,8-9H2,1-2H3. The van der Waals surface area contributed by atoms with Crippen LogP contribution in [0.3, 0.4) is 0 Å². The molecule has 0 aromatic rings. The average molecular weight is 233 g/mol. The van der Waals surface area contributed by atoms with Crippen molar-refractivity contribution in [2.45, 2.75) is 38.8 Å². The van der Waals surface area contributed by atoms with Crippen LogP contribution in [0.25, 0.3) is 0 Å². The highest BCUT2D eigenvalue weighted by Crippen LogP contribution is 2.43. The molecule has 17 heavy (non-hydrogen) atoms. The van der Waals surface area contributed by atoms with Crippen molar-refractivity contribution in [3.8, 4) is 6.07 Å². The van der Waals surface area contributed by atoms with Crippen LogP contribution in [0.4, 0.5) is 0 Å². The van der Waals surface area contributed by atoms with Crippen LogP contribution in [-0.2, 0) is 0 Å². The highest BCUT2D eigenvalue weighted by molar-refractivity contribution is 5.13. The van der Waals surface area contributed by atoms with Crippen molar-refractivity contribution in [2.75, 3.05) is 26.2 Å². The number of nitriles is 1. The van der Waals surface area contributed by atoms with Crippen LogP contribution >= 0.6 is 0 Å². The highest BCUT2D eigenvalue weighted by atomic mass is 15.3. The van der Waals surface area contributed by atoms with Gasteiger partial charge in [-0.1, -0.05) is 13.8 Å². The van der Waals surface area contributed by atoms with Gasteiger partial charge in [0.1, 0.15) is 6.04 Å². The lowest BCUT2D eigenvalue weighted by Gasteiger charge is -2.48. The van der Waals surface area contributed by atoms with Crippen molar-refractivity contribution in [1.82, 2.24) is 9.80 Å². The van der Waals surface area contributed by atoms with Crippen LogP contribution < -0.4 is 0 Å². The number of likely N-dealkylation sites (tertiary alicyclic amines) is 1. The SMILES string of the molecule is CC(C)CN1CC2C3CCN(CC3)C2C1C#N. The van der Waals surface area contributed by atoms with Gasteiger partial charge in [-0.15, -0.1) is 0 Å². The van der Waals surface area contributed by atoms with Crippen molar-refractivity contribution in [3.63, 3.8) is 0 Å². The second-order valence-electron chi connectivity index (χ2n) is 6.45. The predicted octanol–water partition coefficient (Wildman–Crippen LogP) is 1.56. The molecule has 4 fully saturated rings. The Labute approximate surface area is 104 Å². The molecule has 4 rings (SSSR count). The topological polar surface area (TPSA) is 30.3 Å². The Kier molecular flexibility index (Phi) is 2.88. The molecule has 0 spiro atoms. The van der Waals surface area contributed by atoms with Gasteiger partial charge in [0.05, 0.1) is 6.07 Å². The fourth-order valence-electron chi connectivity index (χ4n) is 4.30. The lowest BCUT2D eigenvalue weighted by atomic mass is 9.74. The van der Waals surface area contributed by atoms with E-state index in [-0.39, 0.29) is 6.04 Å². The van der Waals surface area contributed by atoms with Gasteiger partial charge in [0.15, 0.2) is 0 Å². The van der Waals surface area contributed by atoms with Gasteiger partial charge in [-0.05, 0) is 43.7 Å². The monoisotopic (exact) mass is 233 g/mol. The first-order valence-corrected chi connectivity index (χ1v) is 7.08. The smallest absolute Gasteiger partial charge is 0.114 e. The average Bonchev–Trinajstić information content (AvgIpc) is 2.69. The molecule has 0 N–H and O–H groups in total. The summed E-state index contributed by atoms with van der Waals surface area (Å²) in [6.45, 7) is 9.24. The van der Waals surface area contributed by atoms with Gasteiger partial charge in [0.25, 0.3) is 0 Å². The number of fused-ring (bicyclic) bond motifs is 2. The fourth-order valence-corrected chi connectivity index (χ4v) is 4.30. The first-order valence-electron chi connectivity index (χ1n) is 7.08. The molecule has 4 heterocycles. The van der Waals surface area contributed by atoms with E-state index >= 15 is 0 Å². The van der Waals surface area contributed by atoms with Gasteiger partial charge >= 0.3 is 0 Å². The van der Waals surface area contributed by atoms with Crippen LogP contribution in [0.15, 0.2) is 0 Å². The Morgan fingerprint density at radius 1 is 1.29 bits per heavy atom. The fraction of sp³-hybridized carbons (Fsp3) is 0.929. The number of hydrogen-bond acceptors (Lipinski definition) is 3. The summed E-state index contributed by atoms with van der Waals surface area (Å²) >= 11 is 0. The van der Waals surface area contributed by atoms with Crippen molar-refractivity contribution < 1.29 is 0 Å². The Morgan fingerprint density at radius 3 is 2.59 bits per heavy atom. The van der Waals surface area contributed by atoms with Gasteiger partial charge in [0, 0.05) is 19.1 Å². The minimum absolute atomic E-state index is 0.158. The Balaban J connectivity index is 1.81. The van der Waals surface area contributed by atoms with Gasteiger partial charge in [-0.25, -0.2) is 0 Å². The lowest BCUT2D eigenvalue weighted by Crippen LogP contribution is -2.56. The number of rotatable bonds is 2. The quantitative estimate of drug-likeness (QED) is 0.725. The molecule has 3 atom stereocenters. The molecule has 0 amide bonds. The van der Waals surface area contributed by atoms with E-state index in [9.17, 15) is 5.26 Å². The molecule has 0 aromatic carbocycles. The molecular formula is C14H23N3. The summed E-state index contributed by atoms with van der Waals surface area (Å²) in [5.74, 6) is 2.34. The molecule has 0 saturated carbocycles. The first-order chi connectivity index (χ1) is 8.20. The Bertz CT molecular complexity index is 325. The third-order valence-electron chi connectivity index (χ3n) is 4.93. The minimum Gasteiger partial charge on any atom is -0.297 e. The van der Waals surface area contributed by atoms with Crippen molar-refractivity contribution >= 4 is 0 Å². The van der Waals surface area contributed by atoms with Crippen molar-refractivity contribution in [1.29, 1.82) is 5.26 Å². The summed E-state index contributed by atoms with van der Waals surface area (Å²) in [6, 6.07) is 3.29. The molecule has 94 valence electrons. The Hall–Kier alpha value is -0.590. The highest BCUT2D eigenvalue weighted by Gasteiger charge is 2.52. The molecule has 2 bridgehead atoms. The second-order valence-corrected chi connectivity index (χ2v) is 6.45. The van der Waals surface area contributed by atoms with E-state index < -0.39 is 0 Å². The van der Waals surface area contributed by atoms with E-state index in [1.807, 2.05) is 0 Å². The molecule has 0 aliphatic carbocycles. The third kappa shape index (κ3) is 1.78. The number of nitrogens with zero attached hydrogens (tertiary/aromatic N) is 3. The molecule has 4 aliphatic rings. The molecule has 0 radical (unpaired) electrons. The van der Waals surface area contributed by atoms with E-state index in [0.29, 0.717) is 12.0 Å². The zero-order valence-electron chi connectivity index (χ0n) is 11.0. The maximum absolute atomic E-state index is 9.50. The van der Waals surface area contributed by atoms with Gasteiger partial charge in [-0.2, -0.15) is 5.26 Å². The summed E-state index contributed by atoms with van der Waals surface area (Å²) in [4.78, 5) is 5.05. The van der Waals surface area contributed by atoms with Crippen molar-refractivity contribution in [2.24, 2.45) is 17.8 Å². The molecule has 4 saturated heterocycles. The summed E-state index contributed by atoms with van der Waals surface area (Å²) < 4.78 is 0. The summed E-state index contributed by atoms with van der Waals surface area (Å²) in [7, 11) is 0. The summed E-state index contributed by atoms with van der Waals surface area (Å²) in [5.41, 5.74) is 0. The van der Waals surface area contributed by atoms with Crippen LogP contribution in [-0.4, -0.2) is 48.1 Å². The zero-order chi connectivity index (χ0) is 12.0. The molecule has 3 nitrogen and oxygen atoms in total. The summed E-state index contributed by atoms with van der Waals surface area (Å²) in [6.07, 6.45) is 2.74. The minimum atomic E-state index is 0.158. The van der Waals surface area contributed by atoms with E-state index in [0.717, 1.165) is 18.4 Å². The maximum atomic E-state index is 9.50. The normalized spacial score (nSPS) is 44.9. The lowest BCUT2D eigenvalue weighted by molar-refractivity contribution is 0.0106.